The van der Waals surface area contributed by atoms with Gasteiger partial charge in [-0.2, -0.15) is 0 Å². The fraction of sp³-hybridized carbons (Fsp3) is 0.794. The first-order valence-corrected chi connectivity index (χ1v) is 29.6. The molecule has 0 aromatic heterocycles. The molecular formula is C63H115NO3. The average Bonchev–Trinajstić information content (AvgIpc) is 3.33. The van der Waals surface area contributed by atoms with E-state index in [0.29, 0.717) is 12.8 Å². The van der Waals surface area contributed by atoms with Crippen molar-refractivity contribution < 1.29 is 15.0 Å². The van der Waals surface area contributed by atoms with Crippen molar-refractivity contribution in [3.63, 3.8) is 0 Å². The summed E-state index contributed by atoms with van der Waals surface area (Å²) in [4.78, 5) is 12.5. The van der Waals surface area contributed by atoms with Gasteiger partial charge in [0.2, 0.25) is 5.91 Å². The highest BCUT2D eigenvalue weighted by Crippen LogP contribution is 2.18. The number of aliphatic hydroxyl groups is 2. The number of aliphatic hydroxyl groups excluding tert-OH is 2. The van der Waals surface area contributed by atoms with Crippen LogP contribution in [0.5, 0.6) is 0 Å². The first-order valence-electron chi connectivity index (χ1n) is 29.6. The molecule has 0 saturated heterocycles. The monoisotopic (exact) mass is 934 g/mol. The number of nitrogens with one attached hydrogen (secondary N) is 1. The van der Waals surface area contributed by atoms with Crippen LogP contribution in [0.1, 0.15) is 303 Å². The highest BCUT2D eigenvalue weighted by molar-refractivity contribution is 5.76. The summed E-state index contributed by atoms with van der Waals surface area (Å²) >= 11 is 0. The number of carbonyl (C=O) groups is 1. The van der Waals surface area contributed by atoms with Crippen molar-refractivity contribution in [2.75, 3.05) is 6.61 Å². The maximum absolute atomic E-state index is 12.5. The molecule has 2 unspecified atom stereocenters. The Balaban J connectivity index is 3.49. The van der Waals surface area contributed by atoms with E-state index in [2.05, 4.69) is 92.1 Å². The van der Waals surface area contributed by atoms with Crippen LogP contribution in [0.4, 0.5) is 0 Å². The summed E-state index contributed by atoms with van der Waals surface area (Å²) in [5, 5.41) is 23.4. The molecule has 390 valence electrons. The van der Waals surface area contributed by atoms with Gasteiger partial charge in [0.15, 0.2) is 0 Å². The van der Waals surface area contributed by atoms with Crippen molar-refractivity contribution in [1.82, 2.24) is 5.32 Å². The second kappa shape index (κ2) is 58.1. The molecule has 4 nitrogen and oxygen atoms in total. The van der Waals surface area contributed by atoms with Crippen molar-refractivity contribution in [3.05, 3.63) is 72.9 Å². The lowest BCUT2D eigenvalue weighted by Gasteiger charge is -2.22. The van der Waals surface area contributed by atoms with Crippen LogP contribution < -0.4 is 5.32 Å². The number of amides is 1. The smallest absolute Gasteiger partial charge is 0.220 e. The van der Waals surface area contributed by atoms with Gasteiger partial charge >= 0.3 is 0 Å². The van der Waals surface area contributed by atoms with E-state index in [1.807, 2.05) is 0 Å². The Morgan fingerprint density at radius 1 is 0.373 bits per heavy atom. The highest BCUT2D eigenvalue weighted by Gasteiger charge is 2.20. The lowest BCUT2D eigenvalue weighted by molar-refractivity contribution is -0.123. The van der Waals surface area contributed by atoms with Crippen LogP contribution in [-0.4, -0.2) is 34.9 Å². The van der Waals surface area contributed by atoms with Gasteiger partial charge in [0, 0.05) is 6.42 Å². The van der Waals surface area contributed by atoms with Crippen molar-refractivity contribution in [2.45, 2.75) is 315 Å². The molecule has 0 aliphatic carbocycles. The molecular weight excluding hydrogens is 819 g/mol. The minimum atomic E-state index is -0.669. The molecule has 0 aliphatic rings. The minimum Gasteiger partial charge on any atom is -0.394 e. The van der Waals surface area contributed by atoms with Gasteiger partial charge in [-0.25, -0.2) is 0 Å². The van der Waals surface area contributed by atoms with Crippen LogP contribution in [0.15, 0.2) is 72.9 Å². The van der Waals surface area contributed by atoms with Crippen molar-refractivity contribution >= 4 is 5.91 Å². The summed E-state index contributed by atoms with van der Waals surface area (Å²) in [6.07, 6.45) is 83.3. The van der Waals surface area contributed by atoms with Gasteiger partial charge < -0.3 is 15.5 Å². The van der Waals surface area contributed by atoms with Gasteiger partial charge in [-0.15, -0.1) is 0 Å². The molecule has 0 spiro atoms. The first-order chi connectivity index (χ1) is 33.2. The van der Waals surface area contributed by atoms with Gasteiger partial charge in [-0.1, -0.05) is 305 Å². The standard InChI is InChI=1S/C63H115NO3/c1-3-5-7-9-11-13-15-17-19-21-23-25-27-29-31-33-34-36-38-40-42-44-46-48-50-52-54-56-58-62(66)61(60-65)64-63(67)59-57-55-53-51-49-47-45-43-41-39-37-35-32-30-28-26-24-22-20-18-16-14-12-10-8-6-4-2/h6,8,12,14,18,20,24,26,30,32,37,39,61-62,65-66H,3-5,7,9-11,13,15-17,19,21-23,25,27-29,31,33-36,38,40-60H2,1-2H3,(H,64,67)/b8-6-,14-12-,20-18-,26-24-,32-30-,39-37-. The molecule has 67 heavy (non-hydrogen) atoms. The summed E-state index contributed by atoms with van der Waals surface area (Å²) in [5.41, 5.74) is 0. The maximum atomic E-state index is 12.5. The summed E-state index contributed by atoms with van der Waals surface area (Å²) < 4.78 is 0. The summed E-state index contributed by atoms with van der Waals surface area (Å²) in [5.74, 6) is -0.0390. The second-order valence-corrected chi connectivity index (χ2v) is 20.0. The molecule has 4 heteroatoms. The average molecular weight is 935 g/mol. The second-order valence-electron chi connectivity index (χ2n) is 20.0. The third kappa shape index (κ3) is 54.6. The van der Waals surface area contributed by atoms with Gasteiger partial charge in [-0.3, -0.25) is 4.79 Å². The molecule has 0 rings (SSSR count). The van der Waals surface area contributed by atoms with Gasteiger partial charge in [-0.05, 0) is 64.2 Å². The molecule has 1 amide bonds. The largest absolute Gasteiger partial charge is 0.394 e. The Morgan fingerprint density at radius 2 is 0.657 bits per heavy atom. The number of carbonyl (C=O) groups excluding carboxylic acids is 1. The van der Waals surface area contributed by atoms with Crippen LogP contribution >= 0.6 is 0 Å². The quantitative estimate of drug-likeness (QED) is 0.0420. The van der Waals surface area contributed by atoms with Gasteiger partial charge in [0.05, 0.1) is 18.8 Å². The molecule has 0 bridgehead atoms. The Morgan fingerprint density at radius 3 is 0.985 bits per heavy atom. The van der Waals surface area contributed by atoms with E-state index in [9.17, 15) is 15.0 Å². The third-order valence-corrected chi connectivity index (χ3v) is 13.5. The van der Waals surface area contributed by atoms with Crippen molar-refractivity contribution in [3.8, 4) is 0 Å². The van der Waals surface area contributed by atoms with Crippen molar-refractivity contribution in [2.24, 2.45) is 0 Å². The molecule has 0 saturated carbocycles. The lowest BCUT2D eigenvalue weighted by Crippen LogP contribution is -2.45. The number of rotatable bonds is 54. The fourth-order valence-electron chi connectivity index (χ4n) is 9.01. The maximum Gasteiger partial charge on any atom is 0.220 e. The van der Waals surface area contributed by atoms with Gasteiger partial charge in [0.1, 0.15) is 0 Å². The van der Waals surface area contributed by atoms with E-state index in [1.165, 1.54) is 212 Å². The molecule has 2 atom stereocenters. The first kappa shape index (κ1) is 64.8. The molecule has 0 aliphatic heterocycles. The molecule has 0 heterocycles. The Bertz CT molecular complexity index is 1150. The minimum absolute atomic E-state index is 0.0390. The van der Waals surface area contributed by atoms with E-state index in [-0.39, 0.29) is 12.5 Å². The topological polar surface area (TPSA) is 69.6 Å². The molecule has 0 radical (unpaired) electrons. The zero-order valence-electron chi connectivity index (χ0n) is 44.9. The SMILES string of the molecule is CC/C=C\C/C=C\C/C=C\C/C=C\C/C=C\C/C=C\CCCCCCCCCCC(=O)NC(CO)C(O)CCCCCCCCCCCCCCCCCCCCCCCCCCCCCC. The molecule has 0 aromatic carbocycles. The lowest BCUT2D eigenvalue weighted by atomic mass is 10.0. The highest BCUT2D eigenvalue weighted by atomic mass is 16.3. The Hall–Kier alpha value is -2.17. The number of unbranched alkanes of at least 4 members (excludes halogenated alkanes) is 35. The van der Waals surface area contributed by atoms with E-state index >= 15 is 0 Å². The summed E-state index contributed by atoms with van der Waals surface area (Å²) in [7, 11) is 0. The van der Waals surface area contributed by atoms with Crippen molar-refractivity contribution in [1.29, 1.82) is 0 Å². The fourth-order valence-corrected chi connectivity index (χ4v) is 9.01. The number of hydrogen-bond donors (Lipinski definition) is 3. The Kier molecular flexibility index (Phi) is 56.3. The zero-order chi connectivity index (χ0) is 48.5. The van der Waals surface area contributed by atoms with E-state index in [4.69, 9.17) is 0 Å². The molecule has 3 N–H and O–H groups in total. The molecule has 0 fully saturated rings. The summed E-state index contributed by atoms with van der Waals surface area (Å²) in [6.45, 7) is 4.26. The van der Waals surface area contributed by atoms with Crippen LogP contribution in [0.25, 0.3) is 0 Å². The van der Waals surface area contributed by atoms with Gasteiger partial charge in [0.25, 0.3) is 0 Å². The molecule has 0 aromatic rings. The predicted octanol–water partition coefficient (Wildman–Crippen LogP) is 19.8. The number of hydrogen-bond acceptors (Lipinski definition) is 3. The Labute approximate surface area is 419 Å². The predicted molar refractivity (Wildman–Crippen MR) is 299 cm³/mol. The zero-order valence-corrected chi connectivity index (χ0v) is 44.9. The van der Waals surface area contributed by atoms with Crippen LogP contribution in [-0.2, 0) is 4.79 Å². The summed E-state index contributed by atoms with van der Waals surface area (Å²) in [6, 6.07) is -0.547. The van der Waals surface area contributed by atoms with Crippen LogP contribution in [0, 0.1) is 0 Å². The third-order valence-electron chi connectivity index (χ3n) is 13.5. The van der Waals surface area contributed by atoms with E-state index < -0.39 is 12.1 Å². The van der Waals surface area contributed by atoms with E-state index in [0.717, 1.165) is 64.2 Å². The normalized spacial score (nSPS) is 13.3. The van der Waals surface area contributed by atoms with Crippen LogP contribution in [0.2, 0.25) is 0 Å². The number of allylic oxidation sites excluding steroid dienone is 12. The van der Waals surface area contributed by atoms with E-state index in [1.54, 1.807) is 0 Å². The van der Waals surface area contributed by atoms with Crippen LogP contribution in [0.3, 0.4) is 0 Å².